The van der Waals surface area contributed by atoms with Crippen LogP contribution in [0.4, 0.5) is 0 Å². The van der Waals surface area contributed by atoms with E-state index in [2.05, 4.69) is 9.98 Å². The van der Waals surface area contributed by atoms with Crippen LogP contribution in [0.2, 0.25) is 0 Å². The summed E-state index contributed by atoms with van der Waals surface area (Å²) in [7, 11) is 0. The van der Waals surface area contributed by atoms with Crippen molar-refractivity contribution in [3.8, 4) is 11.6 Å². The van der Waals surface area contributed by atoms with E-state index in [4.69, 9.17) is 0 Å². The van der Waals surface area contributed by atoms with E-state index in [0.29, 0.717) is 16.8 Å². The summed E-state index contributed by atoms with van der Waals surface area (Å²) in [6.07, 6.45) is 6.02. The molecule has 2 N–H and O–H groups in total. The highest BCUT2D eigenvalue weighted by Gasteiger charge is 2.42. The van der Waals surface area contributed by atoms with Crippen molar-refractivity contribution in [3.63, 3.8) is 0 Å². The smallest absolute Gasteiger partial charge is 0.335 e. The Morgan fingerprint density at radius 1 is 1.00 bits per heavy atom. The lowest BCUT2D eigenvalue weighted by atomic mass is 9.71. The molecule has 2 aliphatic carbocycles. The quantitative estimate of drug-likeness (QED) is 0.591. The van der Waals surface area contributed by atoms with Gasteiger partial charge in [-0.25, -0.2) is 9.36 Å². The summed E-state index contributed by atoms with van der Waals surface area (Å²) in [5, 5.41) is 10.8. The number of allylic oxidation sites excluding steroid dienone is 4. The molecule has 0 saturated heterocycles. The number of nitrogens with one attached hydrogen (secondary N) is 1. The Labute approximate surface area is 193 Å². The molecule has 34 heavy (non-hydrogen) atoms. The number of aromatic nitrogens is 2. The molecule has 2 atom stereocenters. The number of Topliss-reactive ketones (excluding diaryl/α,β-unsaturated/α-hetero) is 2. The minimum atomic E-state index is -0.840. The first kappa shape index (κ1) is 21.3. The summed E-state index contributed by atoms with van der Waals surface area (Å²) in [5.74, 6) is -2.54. The fourth-order valence-electron chi connectivity index (χ4n) is 4.39. The first-order valence-corrected chi connectivity index (χ1v) is 10.6. The largest absolute Gasteiger partial charge is 0.493 e. The number of carbonyl (C=O) groups excluding carboxylic acids is 2. The molecular weight excluding hydrogens is 434 g/mol. The molecule has 0 spiro atoms. The topological polar surface area (TPSA) is 122 Å². The molecule has 1 heterocycles. The number of nitrogens with zero attached hydrogens (tertiary/aromatic N) is 2. The zero-order valence-corrected chi connectivity index (χ0v) is 18.1. The zero-order chi connectivity index (χ0) is 24.0. The van der Waals surface area contributed by atoms with Crippen molar-refractivity contribution in [2.45, 2.75) is 6.92 Å². The SMILES string of the molecule is Cc1cccc(-n2c(O)c(C=NC3=CC=C[C@@H]4C(=O)c5ccccc5C(=O)[C@H]34)c(=O)[nH]c2=O)c1. The van der Waals surface area contributed by atoms with Gasteiger partial charge >= 0.3 is 5.69 Å². The van der Waals surface area contributed by atoms with Gasteiger partial charge in [-0.1, -0.05) is 48.6 Å². The Morgan fingerprint density at radius 3 is 2.47 bits per heavy atom. The molecule has 0 amide bonds. The summed E-state index contributed by atoms with van der Waals surface area (Å²) < 4.78 is 0.971. The number of hydrogen-bond acceptors (Lipinski definition) is 6. The molecule has 0 radical (unpaired) electrons. The predicted molar refractivity (Wildman–Crippen MR) is 126 cm³/mol. The molecule has 0 unspecified atom stereocenters. The summed E-state index contributed by atoms with van der Waals surface area (Å²) in [6, 6.07) is 13.5. The average Bonchev–Trinajstić information content (AvgIpc) is 2.82. The second-order valence-electron chi connectivity index (χ2n) is 8.18. The molecule has 0 saturated carbocycles. The van der Waals surface area contributed by atoms with Crippen molar-refractivity contribution < 1.29 is 14.7 Å². The maximum absolute atomic E-state index is 13.2. The van der Waals surface area contributed by atoms with Crippen LogP contribution in [0, 0.1) is 18.8 Å². The number of hydrogen-bond donors (Lipinski definition) is 2. The number of aromatic amines is 1. The minimum absolute atomic E-state index is 0.175. The van der Waals surface area contributed by atoms with Gasteiger partial charge < -0.3 is 5.11 Å². The Bertz CT molecular complexity index is 1570. The Kier molecular flexibility index (Phi) is 5.05. The van der Waals surface area contributed by atoms with E-state index in [1.165, 1.54) is 0 Å². The number of carbonyl (C=O) groups is 2. The monoisotopic (exact) mass is 453 g/mol. The molecule has 8 heteroatoms. The van der Waals surface area contributed by atoms with Crippen LogP contribution in [0.5, 0.6) is 5.88 Å². The first-order chi connectivity index (χ1) is 16.4. The highest BCUT2D eigenvalue weighted by molar-refractivity contribution is 6.17. The van der Waals surface area contributed by atoms with Crippen molar-refractivity contribution in [2.24, 2.45) is 16.8 Å². The van der Waals surface area contributed by atoms with Crippen molar-refractivity contribution >= 4 is 17.8 Å². The van der Waals surface area contributed by atoms with Crippen LogP contribution in [-0.4, -0.2) is 32.4 Å². The molecule has 2 aromatic carbocycles. The second-order valence-corrected chi connectivity index (χ2v) is 8.18. The summed E-state index contributed by atoms with van der Waals surface area (Å²) in [6.45, 7) is 1.83. The van der Waals surface area contributed by atoms with Crippen LogP contribution < -0.4 is 11.2 Å². The highest BCUT2D eigenvalue weighted by Crippen LogP contribution is 2.38. The van der Waals surface area contributed by atoms with Gasteiger partial charge in [0.25, 0.3) is 5.56 Å². The Balaban J connectivity index is 1.57. The number of fused-ring (bicyclic) bond motifs is 2. The van der Waals surface area contributed by atoms with Gasteiger partial charge in [0.15, 0.2) is 11.6 Å². The molecule has 3 aromatic rings. The number of aryl methyl sites for hydroxylation is 1. The Morgan fingerprint density at radius 2 is 1.74 bits per heavy atom. The van der Waals surface area contributed by atoms with Crippen molar-refractivity contribution in [3.05, 3.63) is 116 Å². The average molecular weight is 453 g/mol. The lowest BCUT2D eigenvalue weighted by Crippen LogP contribution is -2.37. The molecule has 0 bridgehead atoms. The summed E-state index contributed by atoms with van der Waals surface area (Å²) >= 11 is 0. The lowest BCUT2D eigenvalue weighted by Gasteiger charge is -2.30. The molecule has 0 fully saturated rings. The standard InChI is InChI=1S/C26H19N3O5/c1-14-6-4-7-15(12-14)29-25(33)19(24(32)28-26(29)34)13-27-20-11-5-10-18-21(20)23(31)17-9-3-2-8-16(17)22(18)30/h2-13,18,21,33H,1H3,(H,28,32,34)/t18-,21-/m0/s1. The fourth-order valence-corrected chi connectivity index (χ4v) is 4.39. The van der Waals surface area contributed by atoms with Crippen molar-refractivity contribution in [1.29, 1.82) is 0 Å². The van der Waals surface area contributed by atoms with E-state index in [-0.39, 0.29) is 22.8 Å². The van der Waals surface area contributed by atoms with Gasteiger partial charge in [-0.15, -0.1) is 0 Å². The van der Waals surface area contributed by atoms with Gasteiger partial charge in [0.05, 0.1) is 23.2 Å². The molecule has 0 aliphatic heterocycles. The molecule has 5 rings (SSSR count). The van der Waals surface area contributed by atoms with Gasteiger partial charge in [-0.3, -0.25) is 24.4 Å². The number of aromatic hydroxyl groups is 1. The third-order valence-corrected chi connectivity index (χ3v) is 6.03. The van der Waals surface area contributed by atoms with Gasteiger partial charge in [-0.05, 0) is 30.7 Å². The highest BCUT2D eigenvalue weighted by atomic mass is 16.3. The number of benzene rings is 2. The second kappa shape index (κ2) is 8.08. The maximum atomic E-state index is 13.2. The van der Waals surface area contributed by atoms with E-state index in [9.17, 15) is 24.3 Å². The Hall–Kier alpha value is -4.59. The molecular formula is C26H19N3O5. The van der Waals surface area contributed by atoms with Crippen LogP contribution in [0.25, 0.3) is 5.69 Å². The molecule has 8 nitrogen and oxygen atoms in total. The van der Waals surface area contributed by atoms with Gasteiger partial charge in [0, 0.05) is 17.3 Å². The number of ketones is 2. The lowest BCUT2D eigenvalue weighted by molar-refractivity contribution is 0.0793. The maximum Gasteiger partial charge on any atom is 0.335 e. The predicted octanol–water partition coefficient (Wildman–Crippen LogP) is 2.72. The fraction of sp³-hybridized carbons (Fsp3) is 0.115. The van der Waals surface area contributed by atoms with E-state index in [0.717, 1.165) is 16.3 Å². The van der Waals surface area contributed by atoms with Crippen LogP contribution in [-0.2, 0) is 0 Å². The molecule has 2 aliphatic rings. The van der Waals surface area contributed by atoms with Crippen LogP contribution in [0.1, 0.15) is 31.8 Å². The first-order valence-electron chi connectivity index (χ1n) is 10.6. The molecule has 168 valence electrons. The van der Waals surface area contributed by atoms with Gasteiger partial charge in [0.1, 0.15) is 5.56 Å². The summed E-state index contributed by atoms with van der Waals surface area (Å²) in [4.78, 5) is 57.6. The molecule has 1 aromatic heterocycles. The third kappa shape index (κ3) is 3.36. The van der Waals surface area contributed by atoms with E-state index < -0.39 is 29.0 Å². The van der Waals surface area contributed by atoms with Gasteiger partial charge in [-0.2, -0.15) is 0 Å². The number of aliphatic imine (C=N–C) groups is 1. The van der Waals surface area contributed by atoms with E-state index in [1.807, 2.05) is 13.0 Å². The summed E-state index contributed by atoms with van der Waals surface area (Å²) in [5.41, 5.74) is 0.358. The van der Waals surface area contributed by atoms with Crippen LogP contribution in [0.15, 0.2) is 87.0 Å². The zero-order valence-electron chi connectivity index (χ0n) is 18.1. The van der Waals surface area contributed by atoms with Crippen LogP contribution >= 0.6 is 0 Å². The van der Waals surface area contributed by atoms with Gasteiger partial charge in [0.2, 0.25) is 5.88 Å². The number of rotatable bonds is 3. The normalized spacial score (nSPS) is 19.1. The minimum Gasteiger partial charge on any atom is -0.493 e. The van der Waals surface area contributed by atoms with Crippen LogP contribution in [0.3, 0.4) is 0 Å². The number of H-pyrrole nitrogens is 1. The van der Waals surface area contributed by atoms with E-state index in [1.54, 1.807) is 60.7 Å². The van der Waals surface area contributed by atoms with Crippen molar-refractivity contribution in [2.75, 3.05) is 0 Å². The van der Waals surface area contributed by atoms with Crippen molar-refractivity contribution in [1.82, 2.24) is 9.55 Å². The third-order valence-electron chi connectivity index (χ3n) is 6.03. The van der Waals surface area contributed by atoms with E-state index >= 15 is 0 Å².